The van der Waals surface area contributed by atoms with Crippen LogP contribution in [0, 0.1) is 0 Å². The molecule has 2 N–H and O–H groups in total. The second-order valence-corrected chi connectivity index (χ2v) is 8.21. The van der Waals surface area contributed by atoms with E-state index in [4.69, 9.17) is 4.74 Å². The lowest BCUT2D eigenvalue weighted by Gasteiger charge is -2.16. The minimum Gasteiger partial charge on any atom is -0.507 e. The third-order valence-corrected chi connectivity index (χ3v) is 5.52. The van der Waals surface area contributed by atoms with Crippen molar-refractivity contribution >= 4 is 38.0 Å². The van der Waals surface area contributed by atoms with Crippen LogP contribution in [0.1, 0.15) is 10.4 Å². The number of nitrogens with one attached hydrogen (secondary N) is 1. The molecule has 120 valence electrons. The predicted octanol–water partition coefficient (Wildman–Crippen LogP) is 3.59. The van der Waals surface area contributed by atoms with Crippen LogP contribution in [-0.4, -0.2) is 19.3 Å². The highest BCUT2D eigenvalue weighted by atomic mass is 79.9. The summed E-state index contributed by atoms with van der Waals surface area (Å²) in [5.74, 6) is 1.15. The molecule has 0 spiro atoms. The average Bonchev–Trinajstić information content (AvgIpc) is 2.94. The maximum atomic E-state index is 10.3. The van der Waals surface area contributed by atoms with Gasteiger partial charge in [-0.1, -0.05) is 12.1 Å². The zero-order chi connectivity index (χ0) is 16.4. The largest absolute Gasteiger partial charge is 0.507 e. The minimum absolute atomic E-state index is 0.345. The summed E-state index contributed by atoms with van der Waals surface area (Å²) in [6, 6.07) is 13.9. The molecule has 0 fully saturated rings. The number of quaternary nitrogens is 1. The van der Waals surface area contributed by atoms with Gasteiger partial charge >= 0.3 is 0 Å². The van der Waals surface area contributed by atoms with Crippen LogP contribution in [0.25, 0.3) is 10.8 Å². The van der Waals surface area contributed by atoms with E-state index < -0.39 is 0 Å². The summed E-state index contributed by atoms with van der Waals surface area (Å²) >= 11 is 5.26. The van der Waals surface area contributed by atoms with E-state index in [0.717, 1.165) is 39.0 Å². The topological polar surface area (TPSA) is 33.9 Å². The van der Waals surface area contributed by atoms with Crippen LogP contribution in [0.2, 0.25) is 0 Å². The number of hydrogen-bond acceptors (Lipinski definition) is 3. The van der Waals surface area contributed by atoms with Gasteiger partial charge < -0.3 is 14.7 Å². The fourth-order valence-corrected chi connectivity index (χ4v) is 4.37. The number of phenolic OH excluding ortho intramolecular Hbond substituents is 1. The van der Waals surface area contributed by atoms with Crippen molar-refractivity contribution in [2.75, 3.05) is 14.2 Å². The van der Waals surface area contributed by atoms with Crippen LogP contribution in [0.15, 0.2) is 46.3 Å². The fraction of sp³-hybridized carbons (Fsp3) is 0.222. The normalized spacial score (nSPS) is 12.5. The van der Waals surface area contributed by atoms with Crippen molar-refractivity contribution in [1.29, 1.82) is 0 Å². The quantitative estimate of drug-likeness (QED) is 0.695. The molecule has 0 bridgehead atoms. The summed E-state index contributed by atoms with van der Waals surface area (Å²) in [5.41, 5.74) is 0.967. The lowest BCUT2D eigenvalue weighted by molar-refractivity contribution is -0.907. The van der Waals surface area contributed by atoms with Crippen LogP contribution in [-0.2, 0) is 13.1 Å². The third kappa shape index (κ3) is 3.68. The van der Waals surface area contributed by atoms with E-state index >= 15 is 0 Å². The van der Waals surface area contributed by atoms with E-state index in [1.54, 1.807) is 24.5 Å². The molecule has 5 heteroatoms. The van der Waals surface area contributed by atoms with Crippen LogP contribution < -0.4 is 9.64 Å². The van der Waals surface area contributed by atoms with Gasteiger partial charge in [0.15, 0.2) is 0 Å². The zero-order valence-corrected chi connectivity index (χ0v) is 15.5. The van der Waals surface area contributed by atoms with Gasteiger partial charge in [0.1, 0.15) is 24.6 Å². The van der Waals surface area contributed by atoms with Crippen molar-refractivity contribution in [3.8, 4) is 11.5 Å². The first-order valence-electron chi connectivity index (χ1n) is 7.41. The second kappa shape index (κ2) is 6.91. The number of methoxy groups -OCH3 is 1. The molecule has 3 aromatic rings. The van der Waals surface area contributed by atoms with Gasteiger partial charge in [0.05, 0.1) is 28.4 Å². The summed E-state index contributed by atoms with van der Waals surface area (Å²) in [5, 5.41) is 12.5. The highest BCUT2D eigenvalue weighted by molar-refractivity contribution is 9.11. The molecular formula is C18H19BrNO2S+. The van der Waals surface area contributed by atoms with Crippen molar-refractivity contribution in [1.82, 2.24) is 0 Å². The number of benzene rings is 2. The number of ether oxygens (including phenoxy) is 1. The standard InChI is InChI=1S/C18H18BrNO2S/c1-20(10-14-6-8-18(19)23-14)11-16-15-9-13(22-2)5-3-12(15)4-7-17(16)21/h3-9,21H,10-11H2,1-2H3/p+1. The molecule has 0 saturated carbocycles. The van der Waals surface area contributed by atoms with E-state index in [1.165, 1.54) is 9.78 Å². The molecule has 0 aliphatic carbocycles. The highest BCUT2D eigenvalue weighted by Crippen LogP contribution is 2.29. The Morgan fingerprint density at radius 2 is 1.91 bits per heavy atom. The van der Waals surface area contributed by atoms with Gasteiger partial charge in [-0.15, -0.1) is 11.3 Å². The molecule has 1 aromatic heterocycles. The fourth-order valence-electron chi connectivity index (χ4n) is 2.77. The summed E-state index contributed by atoms with van der Waals surface area (Å²) in [4.78, 5) is 2.65. The first-order valence-corrected chi connectivity index (χ1v) is 9.02. The molecule has 1 unspecified atom stereocenters. The Balaban J connectivity index is 1.90. The maximum Gasteiger partial charge on any atom is 0.125 e. The highest BCUT2D eigenvalue weighted by Gasteiger charge is 2.14. The van der Waals surface area contributed by atoms with Gasteiger partial charge in [-0.2, -0.15) is 0 Å². The molecule has 0 aliphatic rings. The lowest BCUT2D eigenvalue weighted by Crippen LogP contribution is -3.06. The molecule has 1 atom stereocenters. The van der Waals surface area contributed by atoms with Gasteiger partial charge in [0.25, 0.3) is 0 Å². The Labute approximate surface area is 148 Å². The number of hydrogen-bond donors (Lipinski definition) is 2. The summed E-state index contributed by atoms with van der Waals surface area (Å²) in [6.45, 7) is 1.68. The van der Waals surface area contributed by atoms with Crippen LogP contribution in [0.3, 0.4) is 0 Å². The summed E-state index contributed by atoms with van der Waals surface area (Å²) < 4.78 is 6.48. The molecular weight excluding hydrogens is 374 g/mol. The van der Waals surface area contributed by atoms with Crippen LogP contribution in [0.4, 0.5) is 0 Å². The number of fused-ring (bicyclic) bond motifs is 1. The third-order valence-electron chi connectivity index (χ3n) is 3.90. The van der Waals surface area contributed by atoms with Crippen molar-refractivity contribution in [3.05, 3.63) is 56.7 Å². The van der Waals surface area contributed by atoms with Gasteiger partial charge in [-0.25, -0.2) is 0 Å². The van der Waals surface area contributed by atoms with Crippen LogP contribution >= 0.6 is 27.3 Å². The van der Waals surface area contributed by atoms with Crippen LogP contribution in [0.5, 0.6) is 11.5 Å². The van der Waals surface area contributed by atoms with Gasteiger partial charge in [-0.3, -0.25) is 0 Å². The molecule has 0 amide bonds. The Morgan fingerprint density at radius 3 is 2.61 bits per heavy atom. The minimum atomic E-state index is 0.345. The van der Waals surface area contributed by atoms with Gasteiger partial charge in [-0.05, 0) is 57.0 Å². The molecule has 0 aliphatic heterocycles. The van der Waals surface area contributed by atoms with E-state index in [9.17, 15) is 5.11 Å². The van der Waals surface area contributed by atoms with Crippen molar-refractivity contribution in [3.63, 3.8) is 0 Å². The molecule has 23 heavy (non-hydrogen) atoms. The zero-order valence-electron chi connectivity index (χ0n) is 13.1. The Hall–Kier alpha value is -1.56. The van der Waals surface area contributed by atoms with E-state index in [1.807, 2.05) is 24.3 Å². The molecule has 3 nitrogen and oxygen atoms in total. The SMILES string of the molecule is COc1ccc2ccc(O)c(C[NH+](C)Cc3ccc(Br)s3)c2c1. The number of thiophene rings is 1. The molecule has 0 saturated heterocycles. The number of phenols is 1. The summed E-state index contributed by atoms with van der Waals surface area (Å²) in [7, 11) is 3.81. The van der Waals surface area contributed by atoms with E-state index in [0.29, 0.717) is 5.75 Å². The van der Waals surface area contributed by atoms with Crippen molar-refractivity contribution in [2.24, 2.45) is 0 Å². The number of halogens is 1. The lowest BCUT2D eigenvalue weighted by atomic mass is 10.0. The molecule has 2 aromatic carbocycles. The summed E-state index contributed by atoms with van der Waals surface area (Å²) in [6.07, 6.45) is 0. The Morgan fingerprint density at radius 1 is 1.13 bits per heavy atom. The van der Waals surface area contributed by atoms with Crippen molar-refractivity contribution < 1.29 is 14.7 Å². The van der Waals surface area contributed by atoms with E-state index in [2.05, 4.69) is 35.1 Å². The molecule has 0 radical (unpaired) electrons. The monoisotopic (exact) mass is 392 g/mol. The number of aromatic hydroxyl groups is 1. The van der Waals surface area contributed by atoms with E-state index in [-0.39, 0.29) is 0 Å². The Bertz CT molecular complexity index is 831. The number of rotatable bonds is 5. The maximum absolute atomic E-state index is 10.3. The van der Waals surface area contributed by atoms with Gasteiger partial charge in [0, 0.05) is 0 Å². The van der Waals surface area contributed by atoms with Gasteiger partial charge in [0.2, 0.25) is 0 Å². The Kier molecular flexibility index (Phi) is 4.90. The molecule has 1 heterocycles. The first-order chi connectivity index (χ1) is 11.1. The van der Waals surface area contributed by atoms with Crippen molar-refractivity contribution in [2.45, 2.75) is 13.1 Å². The average molecular weight is 393 g/mol. The molecule has 3 rings (SSSR count). The predicted molar refractivity (Wildman–Crippen MR) is 98.5 cm³/mol. The second-order valence-electron chi connectivity index (χ2n) is 5.67. The first kappa shape index (κ1) is 16.3. The smallest absolute Gasteiger partial charge is 0.125 e.